The van der Waals surface area contributed by atoms with Gasteiger partial charge in [0.1, 0.15) is 4.21 Å². The smallest absolute Gasteiger partial charge is 0.250 e. The van der Waals surface area contributed by atoms with Crippen LogP contribution in [0.2, 0.25) is 0 Å². The van der Waals surface area contributed by atoms with Gasteiger partial charge in [-0.2, -0.15) is 5.10 Å². The van der Waals surface area contributed by atoms with E-state index in [1.54, 1.807) is 17.5 Å². The molecule has 0 unspecified atom stereocenters. The Morgan fingerprint density at radius 3 is 3.00 bits per heavy atom. The van der Waals surface area contributed by atoms with Crippen molar-refractivity contribution in [2.45, 2.75) is 42.9 Å². The second-order valence-corrected chi connectivity index (χ2v) is 8.95. The number of sulfonamides is 1. The van der Waals surface area contributed by atoms with Crippen LogP contribution in [-0.2, 0) is 29.4 Å². The van der Waals surface area contributed by atoms with Crippen LogP contribution >= 0.6 is 11.3 Å². The molecule has 0 saturated carbocycles. The van der Waals surface area contributed by atoms with Crippen molar-refractivity contribution < 1.29 is 12.9 Å². The predicted octanol–water partition coefficient (Wildman–Crippen LogP) is 2.87. The van der Waals surface area contributed by atoms with Crippen LogP contribution in [0.25, 0.3) is 11.3 Å². The van der Waals surface area contributed by atoms with Crippen LogP contribution < -0.4 is 4.72 Å². The van der Waals surface area contributed by atoms with Crippen molar-refractivity contribution in [1.29, 1.82) is 0 Å². The first-order chi connectivity index (χ1) is 12.1. The van der Waals surface area contributed by atoms with Crippen LogP contribution in [0.15, 0.2) is 32.4 Å². The number of aromatic nitrogens is 3. The van der Waals surface area contributed by atoms with Crippen LogP contribution in [0.3, 0.4) is 0 Å². The number of rotatable bonds is 5. The van der Waals surface area contributed by atoms with Gasteiger partial charge in [-0.1, -0.05) is 11.6 Å². The minimum Gasteiger partial charge on any atom is -0.356 e. The van der Waals surface area contributed by atoms with Gasteiger partial charge in [0.15, 0.2) is 5.76 Å². The van der Waals surface area contributed by atoms with Crippen molar-refractivity contribution in [1.82, 2.24) is 20.1 Å². The molecule has 0 radical (unpaired) electrons. The van der Waals surface area contributed by atoms with E-state index in [0.29, 0.717) is 11.3 Å². The Morgan fingerprint density at radius 1 is 1.28 bits per heavy atom. The monoisotopic (exact) mass is 378 g/mol. The normalized spacial score (nSPS) is 15.0. The second-order valence-electron chi connectivity index (χ2n) is 6.04. The minimum absolute atomic E-state index is 0.198. The highest BCUT2D eigenvalue weighted by atomic mass is 32.2. The van der Waals surface area contributed by atoms with E-state index in [1.165, 1.54) is 18.2 Å². The van der Waals surface area contributed by atoms with E-state index in [-0.39, 0.29) is 10.8 Å². The first-order valence-corrected chi connectivity index (χ1v) is 10.5. The van der Waals surface area contributed by atoms with Crippen LogP contribution in [-0.4, -0.2) is 23.8 Å². The molecule has 1 aliphatic carbocycles. The van der Waals surface area contributed by atoms with Gasteiger partial charge in [-0.05, 0) is 37.3 Å². The zero-order valence-corrected chi connectivity index (χ0v) is 15.1. The molecule has 9 heteroatoms. The van der Waals surface area contributed by atoms with Crippen molar-refractivity contribution in [2.75, 3.05) is 0 Å². The topological polar surface area (TPSA) is 101 Å². The Morgan fingerprint density at radius 2 is 2.16 bits per heavy atom. The van der Waals surface area contributed by atoms with Crippen molar-refractivity contribution >= 4 is 21.4 Å². The van der Waals surface area contributed by atoms with E-state index in [0.717, 1.165) is 48.4 Å². The number of aromatic amines is 1. The molecule has 3 aromatic rings. The number of thiophene rings is 1. The number of nitrogens with one attached hydrogen (secondary N) is 2. The number of H-pyrrole nitrogens is 1. The highest BCUT2D eigenvalue weighted by Gasteiger charge is 2.21. The molecular weight excluding hydrogens is 360 g/mol. The van der Waals surface area contributed by atoms with E-state index in [1.807, 2.05) is 0 Å². The van der Waals surface area contributed by atoms with Gasteiger partial charge < -0.3 is 4.52 Å². The Balaban J connectivity index is 1.50. The maximum absolute atomic E-state index is 12.6. The van der Waals surface area contributed by atoms with Crippen molar-refractivity contribution in [3.8, 4) is 11.3 Å². The van der Waals surface area contributed by atoms with Crippen molar-refractivity contribution in [2.24, 2.45) is 0 Å². The van der Waals surface area contributed by atoms with Gasteiger partial charge in [0.25, 0.3) is 0 Å². The predicted molar refractivity (Wildman–Crippen MR) is 93.7 cm³/mol. The maximum Gasteiger partial charge on any atom is 0.250 e. The summed E-state index contributed by atoms with van der Waals surface area (Å²) < 4.78 is 33.1. The van der Waals surface area contributed by atoms with Gasteiger partial charge in [-0.25, -0.2) is 13.1 Å². The summed E-state index contributed by atoms with van der Waals surface area (Å²) in [6.45, 7) is 0.198. The summed E-state index contributed by atoms with van der Waals surface area (Å²) in [5, 5.41) is 12.8. The second kappa shape index (κ2) is 6.74. The molecule has 0 fully saturated rings. The highest BCUT2D eigenvalue weighted by molar-refractivity contribution is 7.91. The molecule has 0 aliphatic heterocycles. The lowest BCUT2D eigenvalue weighted by Crippen LogP contribution is -2.23. The SMILES string of the molecule is O=S(=O)(NCc1n[nH]c2c1CCCCC2)c1cc(-c2ccno2)cs1. The van der Waals surface area contributed by atoms with Crippen LogP contribution in [0, 0.1) is 0 Å². The zero-order chi connectivity index (χ0) is 17.3. The lowest BCUT2D eigenvalue weighted by atomic mass is 10.1. The summed E-state index contributed by atoms with van der Waals surface area (Å²) in [4.78, 5) is 0. The highest BCUT2D eigenvalue weighted by Crippen LogP contribution is 2.28. The summed E-state index contributed by atoms with van der Waals surface area (Å²) in [6, 6.07) is 3.30. The fraction of sp³-hybridized carbons (Fsp3) is 0.375. The maximum atomic E-state index is 12.6. The number of hydrogen-bond acceptors (Lipinski definition) is 6. The average molecular weight is 378 g/mol. The molecule has 25 heavy (non-hydrogen) atoms. The number of fused-ring (bicyclic) bond motifs is 1. The summed E-state index contributed by atoms with van der Waals surface area (Å²) in [6.07, 6.45) is 6.95. The van der Waals surface area contributed by atoms with E-state index in [9.17, 15) is 8.42 Å². The van der Waals surface area contributed by atoms with Gasteiger partial charge in [-0.3, -0.25) is 5.10 Å². The molecule has 4 rings (SSSR count). The van der Waals surface area contributed by atoms with Gasteiger partial charge in [-0.15, -0.1) is 11.3 Å². The fourth-order valence-electron chi connectivity index (χ4n) is 3.06. The third-order valence-corrected chi connectivity index (χ3v) is 7.23. The Kier molecular flexibility index (Phi) is 4.45. The summed E-state index contributed by atoms with van der Waals surface area (Å²) in [5.41, 5.74) is 3.83. The summed E-state index contributed by atoms with van der Waals surface area (Å²) in [7, 11) is -3.59. The van der Waals surface area contributed by atoms with Gasteiger partial charge >= 0.3 is 0 Å². The molecular formula is C16H18N4O3S2. The van der Waals surface area contributed by atoms with Gasteiger partial charge in [0.05, 0.1) is 18.4 Å². The molecule has 0 aromatic carbocycles. The largest absolute Gasteiger partial charge is 0.356 e. The first kappa shape index (κ1) is 16.5. The van der Waals surface area contributed by atoms with Crippen LogP contribution in [0.4, 0.5) is 0 Å². The van der Waals surface area contributed by atoms with Crippen LogP contribution in [0.1, 0.15) is 36.2 Å². The lowest BCUT2D eigenvalue weighted by molar-refractivity contribution is 0.432. The van der Waals surface area contributed by atoms with Crippen molar-refractivity contribution in [3.63, 3.8) is 0 Å². The first-order valence-electron chi connectivity index (χ1n) is 8.18. The molecule has 0 bridgehead atoms. The molecule has 7 nitrogen and oxygen atoms in total. The van der Waals surface area contributed by atoms with E-state index >= 15 is 0 Å². The molecule has 2 N–H and O–H groups in total. The number of hydrogen-bond donors (Lipinski definition) is 2. The molecule has 3 aromatic heterocycles. The third-order valence-electron chi connectivity index (χ3n) is 4.38. The van der Waals surface area contributed by atoms with Crippen molar-refractivity contribution in [3.05, 3.63) is 40.7 Å². The number of nitrogens with zero attached hydrogens (tertiary/aromatic N) is 2. The molecule has 0 amide bonds. The summed E-state index contributed by atoms with van der Waals surface area (Å²) >= 11 is 1.16. The fourth-order valence-corrected chi connectivity index (χ4v) is 5.26. The van der Waals surface area contributed by atoms with Gasteiger partial charge in [0.2, 0.25) is 10.0 Å². The zero-order valence-electron chi connectivity index (χ0n) is 13.5. The molecule has 0 atom stereocenters. The Labute approximate surface area is 149 Å². The average Bonchev–Trinajstić information content (AvgIpc) is 3.31. The third kappa shape index (κ3) is 3.39. The number of aryl methyl sites for hydroxylation is 1. The van der Waals surface area contributed by atoms with Crippen LogP contribution in [0.5, 0.6) is 0 Å². The Hall–Kier alpha value is -1.97. The molecule has 0 saturated heterocycles. The Bertz CT molecular complexity index is 958. The molecule has 3 heterocycles. The molecule has 0 spiro atoms. The lowest BCUT2D eigenvalue weighted by Gasteiger charge is -2.05. The van der Waals surface area contributed by atoms with Gasteiger partial charge in [0, 0.05) is 22.7 Å². The standard InChI is InChI=1S/C16H18N4O3S2/c21-25(22,16-8-11(10-24-16)15-6-7-17-23-15)18-9-14-12-4-2-1-3-5-13(12)19-20-14/h6-8,10,18H,1-5,9H2,(H,19,20). The molecule has 1 aliphatic rings. The van der Waals surface area contributed by atoms with E-state index < -0.39 is 10.0 Å². The molecule has 132 valence electrons. The van der Waals surface area contributed by atoms with E-state index in [2.05, 4.69) is 20.1 Å². The minimum atomic E-state index is -3.59. The summed E-state index contributed by atoms with van der Waals surface area (Å²) in [5.74, 6) is 0.551. The quantitative estimate of drug-likeness (QED) is 0.665. The van der Waals surface area contributed by atoms with E-state index in [4.69, 9.17) is 4.52 Å².